The van der Waals surface area contributed by atoms with Crippen molar-refractivity contribution in [3.05, 3.63) is 24.8 Å². The van der Waals surface area contributed by atoms with E-state index in [9.17, 15) is 5.11 Å². The number of allylic oxidation sites excluding steroid dienone is 2. The number of hydrogen-bond donors (Lipinski definition) is 1. The van der Waals surface area contributed by atoms with Crippen molar-refractivity contribution in [1.29, 1.82) is 0 Å². The van der Waals surface area contributed by atoms with Gasteiger partial charge in [0.25, 0.3) is 0 Å². The minimum Gasteiger partial charge on any atom is -0.388 e. The Labute approximate surface area is 68.4 Å². The molecular formula is C10H16O. The first kappa shape index (κ1) is 8.54. The maximum absolute atomic E-state index is 9.64. The highest BCUT2D eigenvalue weighted by Gasteiger charge is 2.35. The van der Waals surface area contributed by atoms with E-state index in [2.05, 4.69) is 19.6 Å². The zero-order chi connectivity index (χ0) is 8.32. The van der Waals surface area contributed by atoms with E-state index < -0.39 is 0 Å². The van der Waals surface area contributed by atoms with Crippen LogP contribution in [0.1, 0.15) is 26.2 Å². The molecule has 0 bridgehead atoms. The van der Waals surface area contributed by atoms with Crippen LogP contribution >= 0.6 is 0 Å². The third-order valence-electron chi connectivity index (χ3n) is 2.73. The summed E-state index contributed by atoms with van der Waals surface area (Å²) in [6, 6.07) is 0. The smallest absolute Gasteiger partial charge is 0.0782 e. The van der Waals surface area contributed by atoms with E-state index in [1.165, 1.54) is 0 Å². The van der Waals surface area contributed by atoms with Crippen molar-refractivity contribution in [2.45, 2.75) is 32.3 Å². The monoisotopic (exact) mass is 152 g/mol. The fourth-order valence-electron chi connectivity index (χ4n) is 1.75. The van der Waals surface area contributed by atoms with Crippen LogP contribution < -0.4 is 0 Å². The Kier molecular flexibility index (Phi) is 2.50. The average Bonchev–Trinajstić information content (AvgIpc) is 2.35. The Bertz CT molecular complexity index is 172. The number of rotatable bonds is 3. The molecule has 0 heterocycles. The molecule has 0 amide bonds. The standard InChI is InChI=1S/C10H16O/c1-3-7-10(4-2)8-5-6-9(10)11/h3,5-6,9,11H,1,4,7-8H2,2H3/t9-,10-/m0/s1. The summed E-state index contributed by atoms with van der Waals surface area (Å²) in [5.74, 6) is 0. The molecule has 0 saturated heterocycles. The molecule has 62 valence electrons. The van der Waals surface area contributed by atoms with E-state index in [1.54, 1.807) is 0 Å². The van der Waals surface area contributed by atoms with Crippen molar-refractivity contribution in [2.24, 2.45) is 5.41 Å². The summed E-state index contributed by atoms with van der Waals surface area (Å²) in [7, 11) is 0. The molecule has 0 aromatic heterocycles. The fourth-order valence-corrected chi connectivity index (χ4v) is 1.75. The second kappa shape index (κ2) is 3.22. The molecule has 0 aromatic rings. The van der Waals surface area contributed by atoms with Crippen LogP contribution in [-0.2, 0) is 0 Å². The predicted molar refractivity (Wildman–Crippen MR) is 47.3 cm³/mol. The Morgan fingerprint density at radius 2 is 2.55 bits per heavy atom. The number of aliphatic hydroxyl groups is 1. The van der Waals surface area contributed by atoms with Crippen molar-refractivity contribution in [3.63, 3.8) is 0 Å². The molecule has 2 atom stereocenters. The molecule has 11 heavy (non-hydrogen) atoms. The van der Waals surface area contributed by atoms with Crippen LogP contribution in [0.3, 0.4) is 0 Å². The molecule has 0 aromatic carbocycles. The Balaban J connectivity index is 2.68. The van der Waals surface area contributed by atoms with Crippen LogP contribution in [0.4, 0.5) is 0 Å². The molecule has 1 aliphatic carbocycles. The minimum absolute atomic E-state index is 0.0712. The van der Waals surface area contributed by atoms with Crippen molar-refractivity contribution in [1.82, 2.24) is 0 Å². The van der Waals surface area contributed by atoms with Gasteiger partial charge in [0.2, 0.25) is 0 Å². The lowest BCUT2D eigenvalue weighted by molar-refractivity contribution is 0.0742. The van der Waals surface area contributed by atoms with E-state index in [1.807, 2.05) is 12.2 Å². The third kappa shape index (κ3) is 1.38. The Morgan fingerprint density at radius 3 is 2.91 bits per heavy atom. The highest BCUT2D eigenvalue weighted by Crippen LogP contribution is 2.40. The van der Waals surface area contributed by atoms with Gasteiger partial charge in [-0.15, -0.1) is 6.58 Å². The average molecular weight is 152 g/mol. The highest BCUT2D eigenvalue weighted by atomic mass is 16.3. The van der Waals surface area contributed by atoms with Crippen molar-refractivity contribution < 1.29 is 5.11 Å². The number of hydrogen-bond acceptors (Lipinski definition) is 1. The van der Waals surface area contributed by atoms with Gasteiger partial charge < -0.3 is 5.11 Å². The van der Waals surface area contributed by atoms with Gasteiger partial charge in [-0.3, -0.25) is 0 Å². The Morgan fingerprint density at radius 1 is 1.82 bits per heavy atom. The van der Waals surface area contributed by atoms with Gasteiger partial charge in [-0.2, -0.15) is 0 Å². The lowest BCUT2D eigenvalue weighted by Gasteiger charge is -2.30. The first-order valence-corrected chi connectivity index (χ1v) is 4.21. The summed E-state index contributed by atoms with van der Waals surface area (Å²) in [6.45, 7) is 5.84. The Hall–Kier alpha value is -0.560. The van der Waals surface area contributed by atoms with Crippen LogP contribution in [-0.4, -0.2) is 11.2 Å². The predicted octanol–water partition coefficient (Wildman–Crippen LogP) is 2.28. The molecule has 0 fully saturated rings. The second-order valence-corrected chi connectivity index (χ2v) is 3.29. The maximum Gasteiger partial charge on any atom is 0.0782 e. The SMILES string of the molecule is C=CC[C@@]1(CC)CC=C[C@@H]1O. The molecule has 1 N–H and O–H groups in total. The molecule has 0 spiro atoms. The topological polar surface area (TPSA) is 20.2 Å². The summed E-state index contributed by atoms with van der Waals surface area (Å²) < 4.78 is 0. The molecule has 1 heteroatoms. The normalized spacial score (nSPS) is 36.0. The van der Waals surface area contributed by atoms with Crippen molar-refractivity contribution in [2.75, 3.05) is 0 Å². The molecule has 1 nitrogen and oxygen atoms in total. The van der Waals surface area contributed by atoms with E-state index in [-0.39, 0.29) is 11.5 Å². The lowest BCUT2D eigenvalue weighted by atomic mass is 9.78. The fraction of sp³-hybridized carbons (Fsp3) is 0.600. The van der Waals surface area contributed by atoms with Gasteiger partial charge in [0.05, 0.1) is 6.10 Å². The zero-order valence-electron chi connectivity index (χ0n) is 7.09. The van der Waals surface area contributed by atoms with Crippen LogP contribution in [0.2, 0.25) is 0 Å². The van der Waals surface area contributed by atoms with Gasteiger partial charge in [0, 0.05) is 5.41 Å². The van der Waals surface area contributed by atoms with Gasteiger partial charge >= 0.3 is 0 Å². The van der Waals surface area contributed by atoms with Gasteiger partial charge in [-0.05, 0) is 19.3 Å². The first-order valence-electron chi connectivity index (χ1n) is 4.21. The molecule has 1 rings (SSSR count). The molecule has 0 saturated carbocycles. The maximum atomic E-state index is 9.64. The molecule has 1 aliphatic rings. The summed E-state index contributed by atoms with van der Waals surface area (Å²) in [5, 5.41) is 9.64. The van der Waals surface area contributed by atoms with E-state index >= 15 is 0 Å². The lowest BCUT2D eigenvalue weighted by Crippen LogP contribution is -2.28. The van der Waals surface area contributed by atoms with Crippen molar-refractivity contribution in [3.8, 4) is 0 Å². The summed E-state index contributed by atoms with van der Waals surface area (Å²) in [5.41, 5.74) is 0.0712. The molecule has 0 radical (unpaired) electrons. The molecular weight excluding hydrogens is 136 g/mol. The second-order valence-electron chi connectivity index (χ2n) is 3.29. The van der Waals surface area contributed by atoms with E-state index in [4.69, 9.17) is 0 Å². The van der Waals surface area contributed by atoms with Gasteiger partial charge in [-0.1, -0.05) is 25.2 Å². The number of aliphatic hydroxyl groups excluding tert-OH is 1. The summed E-state index contributed by atoms with van der Waals surface area (Å²) >= 11 is 0. The summed E-state index contributed by atoms with van der Waals surface area (Å²) in [6.07, 6.45) is 8.54. The van der Waals surface area contributed by atoms with Gasteiger partial charge in [0.15, 0.2) is 0 Å². The first-order chi connectivity index (χ1) is 5.25. The largest absolute Gasteiger partial charge is 0.388 e. The summed E-state index contributed by atoms with van der Waals surface area (Å²) in [4.78, 5) is 0. The molecule has 0 unspecified atom stereocenters. The highest BCUT2D eigenvalue weighted by molar-refractivity contribution is 5.11. The van der Waals surface area contributed by atoms with Gasteiger partial charge in [-0.25, -0.2) is 0 Å². The van der Waals surface area contributed by atoms with Crippen molar-refractivity contribution >= 4 is 0 Å². The van der Waals surface area contributed by atoms with Crippen LogP contribution in [0.5, 0.6) is 0 Å². The van der Waals surface area contributed by atoms with E-state index in [0.29, 0.717) is 0 Å². The van der Waals surface area contributed by atoms with Gasteiger partial charge in [0.1, 0.15) is 0 Å². The molecule has 0 aliphatic heterocycles. The quantitative estimate of drug-likeness (QED) is 0.615. The van der Waals surface area contributed by atoms with Crippen LogP contribution in [0.25, 0.3) is 0 Å². The van der Waals surface area contributed by atoms with Crippen LogP contribution in [0.15, 0.2) is 24.8 Å². The zero-order valence-corrected chi connectivity index (χ0v) is 7.09. The van der Waals surface area contributed by atoms with E-state index in [0.717, 1.165) is 19.3 Å². The third-order valence-corrected chi connectivity index (χ3v) is 2.73. The van der Waals surface area contributed by atoms with Crippen LogP contribution in [0, 0.1) is 5.41 Å². The minimum atomic E-state index is -0.259.